The van der Waals surface area contributed by atoms with Crippen molar-refractivity contribution in [3.8, 4) is 0 Å². The van der Waals surface area contributed by atoms with Crippen molar-refractivity contribution in [2.24, 2.45) is 0 Å². The Bertz CT molecular complexity index is 1140. The summed E-state index contributed by atoms with van der Waals surface area (Å²) in [5, 5.41) is 3.67. The van der Waals surface area contributed by atoms with E-state index in [2.05, 4.69) is 20.7 Å². The fraction of sp³-hybridized carbons (Fsp3) is 0.333. The van der Waals surface area contributed by atoms with Crippen molar-refractivity contribution in [1.82, 2.24) is 10.6 Å². The first kappa shape index (κ1) is 35.0. The second-order valence-corrected chi connectivity index (χ2v) is 9.86. The molecular formula is C24H22BrCl3F6N2O3. The van der Waals surface area contributed by atoms with Crippen LogP contribution in [0.4, 0.5) is 26.3 Å². The zero-order chi connectivity index (χ0) is 30.0. The maximum atomic E-state index is 13.4. The molecular weight excluding hydrogens is 665 g/mol. The average molecular weight is 687 g/mol. The first-order valence-corrected chi connectivity index (χ1v) is 12.6. The van der Waals surface area contributed by atoms with Gasteiger partial charge in [-0.05, 0) is 41.8 Å². The molecule has 0 spiro atoms. The molecule has 2 unspecified atom stereocenters. The van der Waals surface area contributed by atoms with E-state index < -0.39 is 36.8 Å². The van der Waals surface area contributed by atoms with E-state index in [1.54, 1.807) is 17.4 Å². The van der Waals surface area contributed by atoms with Crippen LogP contribution in [-0.4, -0.2) is 51.0 Å². The van der Waals surface area contributed by atoms with Crippen LogP contribution in [0.15, 0.2) is 40.9 Å². The molecule has 0 heterocycles. The van der Waals surface area contributed by atoms with Crippen LogP contribution in [0.25, 0.3) is 6.08 Å². The third-order valence-corrected chi connectivity index (χ3v) is 6.83. The summed E-state index contributed by atoms with van der Waals surface area (Å²) in [5.74, 6) is -2.79. The molecule has 2 atom stereocenters. The van der Waals surface area contributed by atoms with Gasteiger partial charge in [-0.1, -0.05) is 75.0 Å². The summed E-state index contributed by atoms with van der Waals surface area (Å²) < 4.78 is 80.8. The molecule has 39 heavy (non-hydrogen) atoms. The number of methoxy groups -OCH3 is 1. The smallest absolute Gasteiger partial charge is 0.382 e. The van der Waals surface area contributed by atoms with Crippen LogP contribution < -0.4 is 10.6 Å². The molecule has 0 aliphatic heterocycles. The maximum absolute atomic E-state index is 13.4. The molecule has 2 rings (SSSR count). The Labute approximate surface area is 243 Å². The van der Waals surface area contributed by atoms with E-state index in [0.29, 0.717) is 5.56 Å². The quantitative estimate of drug-likeness (QED) is 0.163. The molecule has 5 nitrogen and oxygen atoms in total. The van der Waals surface area contributed by atoms with E-state index in [9.17, 15) is 35.9 Å². The monoisotopic (exact) mass is 684 g/mol. The largest absolute Gasteiger partial charge is 0.405 e. The molecule has 0 saturated carbocycles. The van der Waals surface area contributed by atoms with Gasteiger partial charge in [0, 0.05) is 11.6 Å². The van der Waals surface area contributed by atoms with Gasteiger partial charge in [-0.3, -0.25) is 9.59 Å². The highest BCUT2D eigenvalue weighted by atomic mass is 79.9. The zero-order valence-electron chi connectivity index (χ0n) is 20.2. The Morgan fingerprint density at radius 1 is 1.08 bits per heavy atom. The van der Waals surface area contributed by atoms with Crippen LogP contribution in [0, 0.1) is 6.92 Å². The molecule has 0 saturated heterocycles. The number of halogens is 10. The summed E-state index contributed by atoms with van der Waals surface area (Å²) >= 11 is 20.9. The van der Waals surface area contributed by atoms with Crippen molar-refractivity contribution in [3.63, 3.8) is 0 Å². The summed E-state index contributed by atoms with van der Waals surface area (Å²) in [5.41, 5.74) is 1.58. The van der Waals surface area contributed by atoms with E-state index in [1.807, 2.05) is 18.3 Å². The molecule has 0 aliphatic rings. The molecule has 2 aromatic carbocycles. The normalized spacial score (nSPS) is 13.3. The highest BCUT2D eigenvalue weighted by molar-refractivity contribution is 9.10. The topological polar surface area (TPSA) is 67.4 Å². The number of alkyl halides is 6. The minimum Gasteiger partial charge on any atom is -0.382 e. The van der Waals surface area contributed by atoms with Gasteiger partial charge in [0.2, 0.25) is 12.3 Å². The molecule has 2 N–H and O–H groups in total. The molecule has 0 bridgehead atoms. The number of hydrogen-bond acceptors (Lipinski definition) is 3. The number of benzene rings is 2. The third kappa shape index (κ3) is 12.4. The van der Waals surface area contributed by atoms with Crippen LogP contribution in [0.1, 0.15) is 22.6 Å². The molecule has 0 aliphatic carbocycles. The van der Waals surface area contributed by atoms with E-state index in [4.69, 9.17) is 34.8 Å². The van der Waals surface area contributed by atoms with Crippen LogP contribution in [0.5, 0.6) is 0 Å². The lowest BCUT2D eigenvalue weighted by molar-refractivity contribution is -0.140. The van der Waals surface area contributed by atoms with E-state index in [1.165, 1.54) is 25.3 Å². The van der Waals surface area contributed by atoms with Crippen LogP contribution in [-0.2, 0) is 14.3 Å². The predicted octanol–water partition coefficient (Wildman–Crippen LogP) is 7.50. The Morgan fingerprint density at radius 3 is 2.13 bits per heavy atom. The summed E-state index contributed by atoms with van der Waals surface area (Å²) in [6.45, 7) is 0.267. The van der Waals surface area contributed by atoms with Gasteiger partial charge in [0.15, 0.2) is 0 Å². The van der Waals surface area contributed by atoms with Gasteiger partial charge in [0.05, 0.1) is 27.6 Å². The number of carbonyl (C=O) groups is 2. The van der Waals surface area contributed by atoms with Gasteiger partial charge in [-0.15, -0.1) is 0 Å². The van der Waals surface area contributed by atoms with Crippen molar-refractivity contribution in [3.05, 3.63) is 72.6 Å². The fourth-order valence-electron chi connectivity index (χ4n) is 2.84. The molecule has 0 fully saturated rings. The SMILES string of the molecule is COCC(NC=O)C(=O)NCC(F)(F)F.Cc1ccc(/C=C/C(c2cc(Cl)c(Cl)c(Cl)c2)C(F)(F)F)cc1Br. The average Bonchev–Trinajstić information content (AvgIpc) is 2.82. The second kappa shape index (κ2) is 15.7. The molecule has 0 aromatic heterocycles. The Morgan fingerprint density at radius 2 is 1.67 bits per heavy atom. The van der Waals surface area contributed by atoms with Gasteiger partial charge < -0.3 is 15.4 Å². The lowest BCUT2D eigenvalue weighted by Gasteiger charge is -2.18. The molecule has 2 amide bonds. The number of allylic oxidation sites excluding steroid dienone is 1. The van der Waals surface area contributed by atoms with Crippen LogP contribution >= 0.6 is 50.7 Å². The third-order valence-electron chi connectivity index (χ3n) is 4.78. The van der Waals surface area contributed by atoms with Gasteiger partial charge in [-0.25, -0.2) is 0 Å². The van der Waals surface area contributed by atoms with E-state index in [0.717, 1.165) is 16.1 Å². The lowest BCUT2D eigenvalue weighted by atomic mass is 9.97. The first-order chi connectivity index (χ1) is 18.0. The first-order valence-electron chi connectivity index (χ1n) is 10.7. The molecule has 2 aromatic rings. The number of amides is 2. The maximum Gasteiger partial charge on any atom is 0.405 e. The summed E-state index contributed by atoms with van der Waals surface area (Å²) in [4.78, 5) is 21.1. The van der Waals surface area contributed by atoms with Gasteiger partial charge in [0.1, 0.15) is 12.6 Å². The Balaban J connectivity index is 0.000000439. The molecule has 15 heteroatoms. The predicted molar refractivity (Wildman–Crippen MR) is 142 cm³/mol. The van der Waals surface area contributed by atoms with Crippen LogP contribution in [0.2, 0.25) is 15.1 Å². The minimum atomic E-state index is -4.49. The summed E-state index contributed by atoms with van der Waals surface area (Å²) in [7, 11) is 1.26. The number of ether oxygens (including phenoxy) is 1. The van der Waals surface area contributed by atoms with Crippen molar-refractivity contribution in [2.75, 3.05) is 20.3 Å². The number of nitrogens with one attached hydrogen (secondary N) is 2. The number of carbonyl (C=O) groups excluding carboxylic acids is 2. The Kier molecular flexibility index (Phi) is 14.1. The molecule has 0 radical (unpaired) electrons. The van der Waals surface area contributed by atoms with Crippen molar-refractivity contribution < 1.29 is 40.7 Å². The van der Waals surface area contributed by atoms with Crippen molar-refractivity contribution in [2.45, 2.75) is 31.2 Å². The minimum absolute atomic E-state index is 0.0140. The van der Waals surface area contributed by atoms with Crippen molar-refractivity contribution in [1.29, 1.82) is 0 Å². The van der Waals surface area contributed by atoms with E-state index in [-0.39, 0.29) is 33.6 Å². The highest BCUT2D eigenvalue weighted by Crippen LogP contribution is 2.41. The standard InChI is InChI=1S/C17H11BrCl3F3.C7H11F3N2O3/c1-9-2-3-10(6-13(9)18)4-5-12(17(22,23)24)11-7-14(19)16(21)15(20)8-11;1-15-2-5(12-4-13)6(14)11-3-7(8,9)10/h2-8,12H,1H3;4-5H,2-3H2,1H3,(H,11,14)(H,12,13)/b5-4+;. The molecule has 216 valence electrons. The number of hydrogen-bond donors (Lipinski definition) is 2. The van der Waals surface area contributed by atoms with Crippen LogP contribution in [0.3, 0.4) is 0 Å². The van der Waals surface area contributed by atoms with Gasteiger partial charge >= 0.3 is 12.4 Å². The second-order valence-electron chi connectivity index (χ2n) is 7.81. The van der Waals surface area contributed by atoms with Gasteiger partial charge in [-0.2, -0.15) is 26.3 Å². The lowest BCUT2D eigenvalue weighted by Crippen LogP contribution is -2.48. The highest BCUT2D eigenvalue weighted by Gasteiger charge is 2.39. The van der Waals surface area contributed by atoms with Gasteiger partial charge in [0.25, 0.3) is 0 Å². The van der Waals surface area contributed by atoms with E-state index >= 15 is 0 Å². The Hall–Kier alpha value is -1.99. The summed E-state index contributed by atoms with van der Waals surface area (Å²) in [6.07, 6.45) is -6.25. The zero-order valence-corrected chi connectivity index (χ0v) is 24.0. The summed E-state index contributed by atoms with van der Waals surface area (Å²) in [6, 6.07) is 6.57. The number of aryl methyl sites for hydroxylation is 1. The number of rotatable bonds is 9. The fourth-order valence-corrected chi connectivity index (χ4v) is 3.85. The van der Waals surface area contributed by atoms with Crippen molar-refractivity contribution >= 4 is 69.1 Å².